The maximum atomic E-state index is 5.12. The third-order valence-electron chi connectivity index (χ3n) is 2.11. The van der Waals surface area contributed by atoms with Crippen LogP contribution in [-0.4, -0.2) is 38.5 Å². The summed E-state index contributed by atoms with van der Waals surface area (Å²) < 4.78 is 7.59. The van der Waals surface area contributed by atoms with Crippen LogP contribution < -0.4 is 0 Å². The van der Waals surface area contributed by atoms with Crippen LogP contribution in [0.15, 0.2) is 4.99 Å². The van der Waals surface area contributed by atoms with Gasteiger partial charge in [0.1, 0.15) is 21.0 Å². The van der Waals surface area contributed by atoms with Crippen LogP contribution in [0.25, 0.3) is 0 Å². The first-order chi connectivity index (χ1) is 5.55. The summed E-state index contributed by atoms with van der Waals surface area (Å²) in [7, 11) is -1.21. The summed E-state index contributed by atoms with van der Waals surface area (Å²) in [4.78, 5) is 4.29. The second-order valence-electron chi connectivity index (χ2n) is 4.03. The van der Waals surface area contributed by atoms with Gasteiger partial charge in [-0.2, -0.15) is 0 Å². The van der Waals surface area contributed by atoms with E-state index in [9.17, 15) is 0 Å². The Bertz CT molecular complexity index is 176. The van der Waals surface area contributed by atoms with E-state index >= 15 is 0 Å². The van der Waals surface area contributed by atoms with Gasteiger partial charge >= 0.3 is 0 Å². The van der Waals surface area contributed by atoms with E-state index in [0.717, 1.165) is 13.2 Å². The molecule has 0 radical (unpaired) electrons. The van der Waals surface area contributed by atoms with Crippen molar-refractivity contribution in [2.45, 2.75) is 32.7 Å². The molecule has 1 unspecified atom stereocenters. The van der Waals surface area contributed by atoms with E-state index in [-0.39, 0.29) is 6.17 Å². The lowest BCUT2D eigenvalue weighted by Gasteiger charge is -2.35. The van der Waals surface area contributed by atoms with E-state index in [0.29, 0.717) is 0 Å². The van der Waals surface area contributed by atoms with Crippen molar-refractivity contribution in [2.75, 3.05) is 13.2 Å². The lowest BCUT2D eigenvalue weighted by Crippen LogP contribution is -2.51. The number of nitrogens with zero attached hydrogens (tertiary/aromatic N) is 2. The fourth-order valence-corrected chi connectivity index (χ4v) is 3.57. The fourth-order valence-electron chi connectivity index (χ4n) is 1.59. The number of hydrogen-bond acceptors (Lipinski definition) is 3. The monoisotopic (exact) mass is 186 g/mol. The molecule has 0 bridgehead atoms. The van der Waals surface area contributed by atoms with E-state index in [1.165, 1.54) is 0 Å². The first-order valence-corrected chi connectivity index (χ1v) is 7.90. The highest BCUT2D eigenvalue weighted by atomic mass is 28.3. The minimum atomic E-state index is -1.21. The molecule has 0 amide bonds. The van der Waals surface area contributed by atoms with Gasteiger partial charge in [-0.05, 0) is 6.54 Å². The van der Waals surface area contributed by atoms with E-state index in [2.05, 4.69) is 36.1 Å². The lowest BCUT2D eigenvalue weighted by atomic mass is 10.5. The summed E-state index contributed by atoms with van der Waals surface area (Å²) in [6.45, 7) is 11.0. The average molecular weight is 186 g/mol. The second kappa shape index (κ2) is 3.58. The number of rotatable bonds is 3. The van der Waals surface area contributed by atoms with E-state index in [4.69, 9.17) is 4.74 Å². The van der Waals surface area contributed by atoms with Crippen LogP contribution in [-0.2, 0) is 4.74 Å². The van der Waals surface area contributed by atoms with Gasteiger partial charge in [0.05, 0.1) is 0 Å². The second-order valence-corrected chi connectivity index (χ2v) is 8.94. The zero-order chi connectivity index (χ0) is 9.19. The van der Waals surface area contributed by atoms with Crippen molar-refractivity contribution in [1.29, 1.82) is 0 Å². The summed E-state index contributed by atoms with van der Waals surface area (Å²) in [6, 6.07) is 0. The predicted molar refractivity (Wildman–Crippen MR) is 54.0 cm³/mol. The van der Waals surface area contributed by atoms with Gasteiger partial charge in [-0.1, -0.05) is 26.6 Å². The molecule has 12 heavy (non-hydrogen) atoms. The minimum Gasteiger partial charge on any atom is -0.480 e. The molecule has 1 atom stereocenters. The Morgan fingerprint density at radius 2 is 2.25 bits per heavy atom. The van der Waals surface area contributed by atoms with Crippen molar-refractivity contribution in [1.82, 2.24) is 4.57 Å². The highest BCUT2D eigenvalue weighted by Crippen LogP contribution is 2.16. The van der Waals surface area contributed by atoms with Gasteiger partial charge in [-0.3, -0.25) is 0 Å². The number of ether oxygens (including phenoxy) is 1. The van der Waals surface area contributed by atoms with Crippen LogP contribution in [0.3, 0.4) is 0 Å². The molecular formula is C8H18N2OSi. The van der Waals surface area contributed by atoms with Crippen molar-refractivity contribution in [2.24, 2.45) is 4.99 Å². The van der Waals surface area contributed by atoms with Crippen LogP contribution in [0.5, 0.6) is 0 Å². The molecule has 70 valence electrons. The largest absolute Gasteiger partial charge is 0.480 e. The molecule has 1 aliphatic heterocycles. The summed E-state index contributed by atoms with van der Waals surface area (Å²) in [5, 5.41) is 0. The number of aliphatic imine (C=N–C) groups is 1. The number of likely N-dealkylation sites (N-methyl/N-ethyl adjacent to an activating group) is 1. The molecule has 4 heteroatoms. The van der Waals surface area contributed by atoms with E-state index in [1.54, 1.807) is 6.40 Å². The molecule has 0 N–H and O–H groups in total. The third-order valence-corrected chi connectivity index (χ3v) is 4.45. The Hall–Kier alpha value is -0.353. The molecule has 0 saturated heterocycles. The Morgan fingerprint density at radius 1 is 1.58 bits per heavy atom. The molecule has 1 aliphatic rings. The standard InChI is InChI=1S/C8H18N2OSi/c1-5-10(12(2,3)4)8-6-11-7-9-8/h7-8H,5-6H2,1-4H3. The van der Waals surface area contributed by atoms with E-state index < -0.39 is 8.24 Å². The van der Waals surface area contributed by atoms with Gasteiger partial charge < -0.3 is 9.30 Å². The van der Waals surface area contributed by atoms with Gasteiger partial charge in [0.25, 0.3) is 0 Å². The van der Waals surface area contributed by atoms with Crippen molar-refractivity contribution in [3.8, 4) is 0 Å². The van der Waals surface area contributed by atoms with Gasteiger partial charge in [-0.25, -0.2) is 4.99 Å². The maximum absolute atomic E-state index is 5.12. The lowest BCUT2D eigenvalue weighted by molar-refractivity contribution is 0.242. The van der Waals surface area contributed by atoms with Crippen LogP contribution in [0, 0.1) is 0 Å². The Labute approximate surface area is 75.5 Å². The molecule has 1 heterocycles. The smallest absolute Gasteiger partial charge is 0.171 e. The van der Waals surface area contributed by atoms with Crippen LogP contribution in [0.1, 0.15) is 6.92 Å². The average Bonchev–Trinajstić information content (AvgIpc) is 2.38. The molecule has 0 aliphatic carbocycles. The molecular weight excluding hydrogens is 168 g/mol. The van der Waals surface area contributed by atoms with Gasteiger partial charge in [0.2, 0.25) is 0 Å². The Balaban J connectivity index is 2.61. The predicted octanol–water partition coefficient (Wildman–Crippen LogP) is 1.53. The molecule has 0 fully saturated rings. The third kappa shape index (κ3) is 2.07. The SMILES string of the molecule is CCN(C1COC=N1)[Si](C)(C)C. The maximum Gasteiger partial charge on any atom is 0.171 e. The molecule has 0 aromatic carbocycles. The number of hydrogen-bond donors (Lipinski definition) is 0. The fraction of sp³-hybridized carbons (Fsp3) is 0.875. The van der Waals surface area contributed by atoms with Crippen LogP contribution in [0.2, 0.25) is 19.6 Å². The van der Waals surface area contributed by atoms with Crippen LogP contribution >= 0.6 is 0 Å². The summed E-state index contributed by atoms with van der Waals surface area (Å²) in [6.07, 6.45) is 1.86. The molecule has 0 aromatic heterocycles. The summed E-state index contributed by atoms with van der Waals surface area (Å²) in [5.74, 6) is 0. The Morgan fingerprint density at radius 3 is 2.58 bits per heavy atom. The van der Waals surface area contributed by atoms with Crippen LogP contribution in [0.4, 0.5) is 0 Å². The van der Waals surface area contributed by atoms with Crippen molar-refractivity contribution < 1.29 is 4.74 Å². The molecule has 0 saturated carbocycles. The minimum absolute atomic E-state index is 0.279. The zero-order valence-electron chi connectivity index (χ0n) is 8.37. The molecule has 1 rings (SSSR count). The normalized spacial score (nSPS) is 23.2. The van der Waals surface area contributed by atoms with Gasteiger partial charge in [-0.15, -0.1) is 0 Å². The van der Waals surface area contributed by atoms with Crippen molar-refractivity contribution in [3.05, 3.63) is 0 Å². The topological polar surface area (TPSA) is 24.8 Å². The van der Waals surface area contributed by atoms with Gasteiger partial charge in [0, 0.05) is 0 Å². The summed E-state index contributed by atoms with van der Waals surface area (Å²) in [5.41, 5.74) is 0. The molecule has 3 nitrogen and oxygen atoms in total. The quantitative estimate of drug-likeness (QED) is 0.624. The summed E-state index contributed by atoms with van der Waals surface area (Å²) >= 11 is 0. The van der Waals surface area contributed by atoms with Crippen molar-refractivity contribution >= 4 is 14.6 Å². The first kappa shape index (κ1) is 9.73. The molecule has 0 aromatic rings. The first-order valence-electron chi connectivity index (χ1n) is 4.45. The highest BCUT2D eigenvalue weighted by Gasteiger charge is 2.30. The zero-order valence-corrected chi connectivity index (χ0v) is 9.37. The van der Waals surface area contributed by atoms with Gasteiger partial charge in [0.15, 0.2) is 6.40 Å². The Kier molecular flexibility index (Phi) is 2.90. The van der Waals surface area contributed by atoms with E-state index in [1.807, 2.05) is 0 Å². The highest BCUT2D eigenvalue weighted by molar-refractivity contribution is 6.73. The van der Waals surface area contributed by atoms with Crippen molar-refractivity contribution in [3.63, 3.8) is 0 Å². The molecule has 0 spiro atoms.